The molecule has 0 bridgehead atoms. The largest absolute Gasteiger partial charge is 0.359 e. The van der Waals surface area contributed by atoms with E-state index in [1.807, 2.05) is 18.2 Å². The maximum atomic E-state index is 11.6. The summed E-state index contributed by atoms with van der Waals surface area (Å²) < 4.78 is 0. The van der Waals surface area contributed by atoms with E-state index in [1.165, 1.54) is 5.56 Å². The molecule has 1 aromatic rings. The highest BCUT2D eigenvalue weighted by molar-refractivity contribution is 6.31. The molecule has 1 saturated heterocycles. The summed E-state index contributed by atoms with van der Waals surface area (Å²) >= 11 is 6.25. The van der Waals surface area contributed by atoms with Crippen molar-refractivity contribution in [1.29, 1.82) is 0 Å². The summed E-state index contributed by atoms with van der Waals surface area (Å²) in [4.78, 5) is 14.0. The van der Waals surface area contributed by atoms with Crippen LogP contribution in [0, 0.1) is 5.92 Å². The lowest BCUT2D eigenvalue weighted by Crippen LogP contribution is -2.40. The SMILES string of the molecule is CNC(=O)C1CCN(C(C)c2ccccc2Cl)CC1. The van der Waals surface area contributed by atoms with Crippen molar-refractivity contribution in [3.63, 3.8) is 0 Å². The molecule has 0 spiro atoms. The van der Waals surface area contributed by atoms with E-state index in [0.29, 0.717) is 6.04 Å². The van der Waals surface area contributed by atoms with Gasteiger partial charge in [0.05, 0.1) is 0 Å². The van der Waals surface area contributed by atoms with Gasteiger partial charge in [-0.05, 0) is 44.5 Å². The molecule has 3 nitrogen and oxygen atoms in total. The van der Waals surface area contributed by atoms with Crippen LogP contribution in [0.25, 0.3) is 0 Å². The third kappa shape index (κ3) is 3.28. The maximum absolute atomic E-state index is 11.6. The third-order valence-corrected chi connectivity index (χ3v) is 4.39. The molecule has 4 heteroatoms. The Balaban J connectivity index is 1.98. The van der Waals surface area contributed by atoms with Crippen molar-refractivity contribution >= 4 is 17.5 Å². The summed E-state index contributed by atoms with van der Waals surface area (Å²) in [6.45, 7) is 4.08. The van der Waals surface area contributed by atoms with Crippen molar-refractivity contribution < 1.29 is 4.79 Å². The molecule has 1 fully saturated rings. The number of hydrogen-bond donors (Lipinski definition) is 1. The van der Waals surface area contributed by atoms with Gasteiger partial charge in [0.2, 0.25) is 5.91 Å². The fourth-order valence-corrected chi connectivity index (χ4v) is 3.06. The first-order chi connectivity index (χ1) is 9.13. The average Bonchev–Trinajstić information content (AvgIpc) is 2.46. The zero-order chi connectivity index (χ0) is 13.8. The van der Waals surface area contributed by atoms with E-state index >= 15 is 0 Å². The Kier molecular flexibility index (Phi) is 4.83. The Morgan fingerprint density at radius 1 is 1.37 bits per heavy atom. The van der Waals surface area contributed by atoms with Gasteiger partial charge in [0.25, 0.3) is 0 Å². The number of benzene rings is 1. The van der Waals surface area contributed by atoms with Gasteiger partial charge in [-0.1, -0.05) is 29.8 Å². The number of nitrogens with one attached hydrogen (secondary N) is 1. The second kappa shape index (κ2) is 6.40. The monoisotopic (exact) mass is 280 g/mol. The molecular formula is C15H21ClN2O. The van der Waals surface area contributed by atoms with E-state index in [0.717, 1.165) is 31.0 Å². The van der Waals surface area contributed by atoms with Crippen molar-refractivity contribution in [3.8, 4) is 0 Å². The summed E-state index contributed by atoms with van der Waals surface area (Å²) in [5.74, 6) is 0.338. The first kappa shape index (κ1) is 14.4. The van der Waals surface area contributed by atoms with Crippen LogP contribution in [0.15, 0.2) is 24.3 Å². The quantitative estimate of drug-likeness (QED) is 0.923. The zero-order valence-electron chi connectivity index (χ0n) is 11.5. The summed E-state index contributed by atoms with van der Waals surface area (Å²) in [6.07, 6.45) is 1.85. The van der Waals surface area contributed by atoms with E-state index in [-0.39, 0.29) is 11.8 Å². The number of nitrogens with zero attached hydrogens (tertiary/aromatic N) is 1. The number of piperidine rings is 1. The fraction of sp³-hybridized carbons (Fsp3) is 0.533. The van der Waals surface area contributed by atoms with E-state index in [9.17, 15) is 4.79 Å². The Bertz CT molecular complexity index is 442. The maximum Gasteiger partial charge on any atom is 0.222 e. The molecule has 1 N–H and O–H groups in total. The van der Waals surface area contributed by atoms with E-state index < -0.39 is 0 Å². The smallest absolute Gasteiger partial charge is 0.222 e. The second-order valence-electron chi connectivity index (χ2n) is 5.12. The second-order valence-corrected chi connectivity index (χ2v) is 5.53. The van der Waals surface area contributed by atoms with Crippen molar-refractivity contribution in [2.75, 3.05) is 20.1 Å². The summed E-state index contributed by atoms with van der Waals surface area (Å²) in [5.41, 5.74) is 1.17. The number of rotatable bonds is 3. The Morgan fingerprint density at radius 3 is 2.58 bits per heavy atom. The van der Waals surface area contributed by atoms with Gasteiger partial charge in [0.1, 0.15) is 0 Å². The lowest BCUT2D eigenvalue weighted by molar-refractivity contribution is -0.126. The first-order valence-corrected chi connectivity index (χ1v) is 7.21. The molecule has 1 unspecified atom stereocenters. The van der Waals surface area contributed by atoms with Crippen LogP contribution in [-0.2, 0) is 4.79 Å². The highest BCUT2D eigenvalue weighted by Crippen LogP contribution is 2.30. The molecule has 2 rings (SSSR count). The molecule has 1 aromatic carbocycles. The lowest BCUT2D eigenvalue weighted by atomic mass is 9.94. The van der Waals surface area contributed by atoms with Crippen LogP contribution in [0.1, 0.15) is 31.4 Å². The molecule has 0 saturated carbocycles. The van der Waals surface area contributed by atoms with E-state index in [4.69, 9.17) is 11.6 Å². The molecule has 1 amide bonds. The number of hydrogen-bond acceptors (Lipinski definition) is 2. The van der Waals surface area contributed by atoms with Gasteiger partial charge >= 0.3 is 0 Å². The standard InChI is InChI=1S/C15H21ClN2O/c1-11(13-5-3-4-6-14(13)16)18-9-7-12(8-10-18)15(19)17-2/h3-6,11-12H,7-10H2,1-2H3,(H,17,19). The highest BCUT2D eigenvalue weighted by Gasteiger charge is 2.27. The van der Waals surface area contributed by atoms with Gasteiger partial charge in [-0.2, -0.15) is 0 Å². The topological polar surface area (TPSA) is 32.3 Å². The minimum atomic E-state index is 0.166. The molecular weight excluding hydrogens is 260 g/mol. The minimum Gasteiger partial charge on any atom is -0.359 e. The summed E-state index contributed by atoms with van der Waals surface area (Å²) in [5, 5.41) is 3.56. The molecule has 1 atom stereocenters. The van der Waals surface area contributed by atoms with Crippen LogP contribution in [-0.4, -0.2) is 30.9 Å². The molecule has 19 heavy (non-hydrogen) atoms. The zero-order valence-corrected chi connectivity index (χ0v) is 12.3. The average molecular weight is 281 g/mol. The normalized spacial score (nSPS) is 19.1. The molecule has 1 heterocycles. The summed E-state index contributed by atoms with van der Waals surface area (Å²) in [7, 11) is 1.71. The van der Waals surface area contributed by atoms with Crippen LogP contribution in [0.5, 0.6) is 0 Å². The van der Waals surface area contributed by atoms with Crippen LogP contribution in [0.2, 0.25) is 5.02 Å². The predicted molar refractivity (Wildman–Crippen MR) is 78.2 cm³/mol. The Hall–Kier alpha value is -1.06. The van der Waals surface area contributed by atoms with Crippen LogP contribution in [0.3, 0.4) is 0 Å². The van der Waals surface area contributed by atoms with Gasteiger partial charge < -0.3 is 5.32 Å². The molecule has 104 valence electrons. The third-order valence-electron chi connectivity index (χ3n) is 4.05. The van der Waals surface area contributed by atoms with Crippen LogP contribution in [0.4, 0.5) is 0 Å². The van der Waals surface area contributed by atoms with Gasteiger partial charge in [-0.3, -0.25) is 9.69 Å². The number of likely N-dealkylation sites (tertiary alicyclic amines) is 1. The first-order valence-electron chi connectivity index (χ1n) is 6.83. The van der Waals surface area contributed by atoms with Crippen LogP contribution >= 0.6 is 11.6 Å². The highest BCUT2D eigenvalue weighted by atomic mass is 35.5. The fourth-order valence-electron chi connectivity index (χ4n) is 2.76. The Labute approximate surface area is 119 Å². The Morgan fingerprint density at radius 2 is 2.00 bits per heavy atom. The van der Waals surface area contributed by atoms with Gasteiger partial charge in [-0.25, -0.2) is 0 Å². The predicted octanol–water partition coefficient (Wildman–Crippen LogP) is 2.86. The van der Waals surface area contributed by atoms with E-state index in [2.05, 4.69) is 23.2 Å². The number of carbonyl (C=O) groups excluding carboxylic acids is 1. The van der Waals surface area contributed by atoms with Gasteiger partial charge in [0, 0.05) is 24.0 Å². The lowest BCUT2D eigenvalue weighted by Gasteiger charge is -2.35. The molecule has 0 aromatic heterocycles. The van der Waals surface area contributed by atoms with Crippen LogP contribution < -0.4 is 5.32 Å². The number of amides is 1. The number of halogens is 1. The molecule has 1 aliphatic heterocycles. The number of carbonyl (C=O) groups is 1. The van der Waals surface area contributed by atoms with Crippen molar-refractivity contribution in [2.24, 2.45) is 5.92 Å². The van der Waals surface area contributed by atoms with E-state index in [1.54, 1.807) is 7.05 Å². The van der Waals surface area contributed by atoms with Crippen molar-refractivity contribution in [1.82, 2.24) is 10.2 Å². The van der Waals surface area contributed by atoms with Crippen molar-refractivity contribution in [2.45, 2.75) is 25.8 Å². The molecule has 0 aliphatic carbocycles. The summed E-state index contributed by atoms with van der Waals surface area (Å²) in [6, 6.07) is 8.30. The molecule has 0 radical (unpaired) electrons. The van der Waals surface area contributed by atoms with Gasteiger partial charge in [-0.15, -0.1) is 0 Å². The van der Waals surface area contributed by atoms with Gasteiger partial charge in [0.15, 0.2) is 0 Å². The molecule has 1 aliphatic rings. The minimum absolute atomic E-state index is 0.166. The van der Waals surface area contributed by atoms with Crippen molar-refractivity contribution in [3.05, 3.63) is 34.9 Å².